The molecule has 1 aromatic rings. The molecule has 2 rings (SSSR count). The summed E-state index contributed by atoms with van der Waals surface area (Å²) in [5, 5.41) is 22.3. The van der Waals surface area contributed by atoms with Gasteiger partial charge in [-0.3, -0.25) is 10.1 Å². The number of carbonyl (C=O) groups is 2. The minimum atomic E-state index is -1.03. The summed E-state index contributed by atoms with van der Waals surface area (Å²) >= 11 is 0. The molecule has 2 N–H and O–H groups in total. The largest absolute Gasteiger partial charge is 0.480 e. The van der Waals surface area contributed by atoms with Gasteiger partial charge < -0.3 is 15.3 Å². The molecule has 2 unspecified atom stereocenters. The third-order valence-electron chi connectivity index (χ3n) is 3.54. The van der Waals surface area contributed by atoms with Gasteiger partial charge in [0.2, 0.25) is 0 Å². The third-order valence-corrected chi connectivity index (χ3v) is 3.54. The standard InChI is InChI=1S/C13H15N3O5/c1-8-6-7-15(11(8)12(17)18)13(19)14-9-2-4-10(5-3-9)16(20)21/h2-5,8,11H,6-7H2,1H3,(H,14,19)(H,17,18). The predicted molar refractivity (Wildman–Crippen MR) is 74.0 cm³/mol. The van der Waals surface area contributed by atoms with Crippen molar-refractivity contribution in [2.45, 2.75) is 19.4 Å². The summed E-state index contributed by atoms with van der Waals surface area (Å²) in [7, 11) is 0. The molecule has 8 nitrogen and oxygen atoms in total. The molecule has 1 aliphatic rings. The molecule has 0 spiro atoms. The molecule has 0 bridgehead atoms. The SMILES string of the molecule is CC1CCN(C(=O)Nc2ccc([N+](=O)[O-])cc2)C1C(=O)O. The van der Waals surface area contributed by atoms with Crippen LogP contribution in [0.2, 0.25) is 0 Å². The van der Waals surface area contributed by atoms with Gasteiger partial charge in [-0.05, 0) is 24.5 Å². The van der Waals surface area contributed by atoms with Crippen LogP contribution in [-0.4, -0.2) is 39.5 Å². The number of aliphatic carboxylic acids is 1. The van der Waals surface area contributed by atoms with Crippen LogP contribution in [0.15, 0.2) is 24.3 Å². The Labute approximate surface area is 120 Å². The first-order chi connectivity index (χ1) is 9.90. The molecule has 2 atom stereocenters. The van der Waals surface area contributed by atoms with E-state index in [0.717, 1.165) is 0 Å². The van der Waals surface area contributed by atoms with E-state index in [9.17, 15) is 19.7 Å². The normalized spacial score (nSPS) is 21.1. The van der Waals surface area contributed by atoms with E-state index < -0.39 is 23.0 Å². The molecule has 112 valence electrons. The predicted octanol–water partition coefficient (Wildman–Crippen LogP) is 1.92. The maximum Gasteiger partial charge on any atom is 0.326 e. The molecule has 1 heterocycles. The van der Waals surface area contributed by atoms with Gasteiger partial charge in [0.25, 0.3) is 5.69 Å². The summed E-state index contributed by atoms with van der Waals surface area (Å²) in [6, 6.07) is 4.01. The summed E-state index contributed by atoms with van der Waals surface area (Å²) in [6.07, 6.45) is 0.630. The number of rotatable bonds is 3. The number of nitrogens with one attached hydrogen (secondary N) is 1. The Morgan fingerprint density at radius 1 is 1.38 bits per heavy atom. The summed E-state index contributed by atoms with van der Waals surface area (Å²) in [5.41, 5.74) is 0.306. The van der Waals surface area contributed by atoms with Crippen molar-refractivity contribution >= 4 is 23.4 Å². The molecule has 0 aromatic heterocycles. The van der Waals surface area contributed by atoms with Crippen molar-refractivity contribution in [2.24, 2.45) is 5.92 Å². The van der Waals surface area contributed by atoms with E-state index in [-0.39, 0.29) is 11.6 Å². The third kappa shape index (κ3) is 3.10. The lowest BCUT2D eigenvalue weighted by Gasteiger charge is -2.23. The maximum absolute atomic E-state index is 12.1. The van der Waals surface area contributed by atoms with Gasteiger partial charge in [-0.2, -0.15) is 0 Å². The lowest BCUT2D eigenvalue weighted by molar-refractivity contribution is -0.384. The molecule has 0 aliphatic carbocycles. The number of nitro benzene ring substituents is 1. The minimum Gasteiger partial charge on any atom is -0.480 e. The van der Waals surface area contributed by atoms with Gasteiger partial charge in [0.1, 0.15) is 6.04 Å². The Morgan fingerprint density at radius 2 is 2.00 bits per heavy atom. The smallest absolute Gasteiger partial charge is 0.326 e. The summed E-state index contributed by atoms with van der Waals surface area (Å²) < 4.78 is 0. The van der Waals surface area contributed by atoms with Crippen molar-refractivity contribution in [3.63, 3.8) is 0 Å². The number of non-ortho nitro benzene ring substituents is 1. The average molecular weight is 293 g/mol. The summed E-state index contributed by atoms with van der Waals surface area (Å²) in [6.45, 7) is 2.16. The van der Waals surface area contributed by atoms with Crippen molar-refractivity contribution in [2.75, 3.05) is 11.9 Å². The van der Waals surface area contributed by atoms with Gasteiger partial charge in [0.05, 0.1) is 4.92 Å². The number of urea groups is 1. The molecular weight excluding hydrogens is 278 g/mol. The monoisotopic (exact) mass is 293 g/mol. The molecule has 1 aliphatic heterocycles. The fraction of sp³-hybridized carbons (Fsp3) is 0.385. The van der Waals surface area contributed by atoms with Crippen molar-refractivity contribution in [3.05, 3.63) is 34.4 Å². The molecule has 0 radical (unpaired) electrons. The Balaban J connectivity index is 2.07. The number of nitrogens with zero attached hydrogens (tertiary/aromatic N) is 2. The fourth-order valence-corrected chi connectivity index (χ4v) is 2.41. The first-order valence-corrected chi connectivity index (χ1v) is 6.45. The zero-order valence-corrected chi connectivity index (χ0v) is 11.4. The van der Waals surface area contributed by atoms with Gasteiger partial charge in [-0.25, -0.2) is 9.59 Å². The van der Waals surface area contributed by atoms with Gasteiger partial charge in [0, 0.05) is 24.4 Å². The highest BCUT2D eigenvalue weighted by Crippen LogP contribution is 2.25. The number of carboxylic acids is 1. The van der Waals surface area contributed by atoms with Crippen molar-refractivity contribution in [1.29, 1.82) is 0 Å². The highest BCUT2D eigenvalue weighted by Gasteiger charge is 2.39. The van der Waals surface area contributed by atoms with Crippen LogP contribution in [0.5, 0.6) is 0 Å². The van der Waals surface area contributed by atoms with Crippen molar-refractivity contribution < 1.29 is 19.6 Å². The minimum absolute atomic E-state index is 0.0776. The molecule has 2 amide bonds. The highest BCUT2D eigenvalue weighted by atomic mass is 16.6. The van der Waals surface area contributed by atoms with Crippen LogP contribution in [-0.2, 0) is 4.79 Å². The number of carboxylic acid groups (broad SMARTS) is 1. The van der Waals surface area contributed by atoms with Crippen LogP contribution >= 0.6 is 0 Å². The topological polar surface area (TPSA) is 113 Å². The highest BCUT2D eigenvalue weighted by molar-refractivity contribution is 5.92. The first-order valence-electron chi connectivity index (χ1n) is 6.45. The number of nitro groups is 1. The van der Waals surface area contributed by atoms with Crippen LogP contribution in [0.3, 0.4) is 0 Å². The van der Waals surface area contributed by atoms with E-state index in [2.05, 4.69) is 5.32 Å². The number of benzene rings is 1. The average Bonchev–Trinajstić information content (AvgIpc) is 2.81. The second-order valence-electron chi connectivity index (χ2n) is 4.98. The van der Waals surface area contributed by atoms with Gasteiger partial charge in [-0.15, -0.1) is 0 Å². The van der Waals surface area contributed by atoms with Gasteiger partial charge in [0.15, 0.2) is 0 Å². The molecule has 1 aromatic carbocycles. The lowest BCUT2D eigenvalue weighted by Crippen LogP contribution is -2.44. The van der Waals surface area contributed by atoms with Crippen molar-refractivity contribution in [1.82, 2.24) is 4.90 Å². The van der Waals surface area contributed by atoms with Crippen LogP contribution in [0.4, 0.5) is 16.2 Å². The quantitative estimate of drug-likeness (QED) is 0.653. The number of hydrogen-bond acceptors (Lipinski definition) is 4. The molecule has 8 heteroatoms. The Kier molecular flexibility index (Phi) is 4.06. The number of anilines is 1. The number of hydrogen-bond donors (Lipinski definition) is 2. The second kappa shape index (κ2) is 5.78. The van der Waals surface area contributed by atoms with Crippen LogP contribution in [0, 0.1) is 16.0 Å². The Bertz CT molecular complexity index is 572. The number of amides is 2. The first kappa shape index (κ1) is 14.8. The van der Waals surface area contributed by atoms with E-state index in [4.69, 9.17) is 5.11 Å². The second-order valence-corrected chi connectivity index (χ2v) is 4.98. The van der Waals surface area contributed by atoms with Crippen molar-refractivity contribution in [3.8, 4) is 0 Å². The Hall–Kier alpha value is -2.64. The van der Waals surface area contributed by atoms with Gasteiger partial charge >= 0.3 is 12.0 Å². The van der Waals surface area contributed by atoms with Crippen LogP contribution in [0.25, 0.3) is 0 Å². The van der Waals surface area contributed by atoms with Crippen LogP contribution < -0.4 is 5.32 Å². The molecular formula is C13H15N3O5. The zero-order valence-electron chi connectivity index (χ0n) is 11.4. The number of likely N-dealkylation sites (tertiary alicyclic amines) is 1. The van der Waals surface area contributed by atoms with E-state index in [1.807, 2.05) is 0 Å². The number of carbonyl (C=O) groups excluding carboxylic acids is 1. The fourth-order valence-electron chi connectivity index (χ4n) is 2.41. The summed E-state index contributed by atoms with van der Waals surface area (Å²) in [4.78, 5) is 34.6. The van der Waals surface area contributed by atoms with E-state index in [0.29, 0.717) is 18.7 Å². The zero-order chi connectivity index (χ0) is 15.6. The molecule has 1 saturated heterocycles. The molecule has 0 saturated carbocycles. The van der Waals surface area contributed by atoms with E-state index in [1.165, 1.54) is 29.2 Å². The Morgan fingerprint density at radius 3 is 2.52 bits per heavy atom. The molecule has 1 fully saturated rings. The van der Waals surface area contributed by atoms with Gasteiger partial charge in [-0.1, -0.05) is 6.92 Å². The summed E-state index contributed by atoms with van der Waals surface area (Å²) in [5.74, 6) is -1.14. The van der Waals surface area contributed by atoms with E-state index in [1.54, 1.807) is 6.92 Å². The maximum atomic E-state index is 12.1. The molecule has 21 heavy (non-hydrogen) atoms. The van der Waals surface area contributed by atoms with E-state index >= 15 is 0 Å². The van der Waals surface area contributed by atoms with Crippen LogP contribution in [0.1, 0.15) is 13.3 Å². The lowest BCUT2D eigenvalue weighted by atomic mass is 10.0.